The van der Waals surface area contributed by atoms with E-state index in [-0.39, 0.29) is 32.7 Å². The van der Waals surface area contributed by atoms with Crippen molar-refractivity contribution in [1.82, 2.24) is 4.90 Å². The topological polar surface area (TPSA) is 3.24 Å². The molecule has 1 unspecified atom stereocenters. The second-order valence-corrected chi connectivity index (χ2v) is 4.16. The van der Waals surface area contributed by atoms with E-state index in [9.17, 15) is 0 Å². The molecule has 1 aliphatic heterocycles. The Bertz CT molecular complexity index is 134. The minimum Gasteiger partial charge on any atom is -0.335 e. The van der Waals surface area contributed by atoms with Gasteiger partial charge >= 0.3 is 32.7 Å². The molecule has 1 heterocycles. The average Bonchev–Trinajstić information content (AvgIpc) is 1.95. The third kappa shape index (κ3) is 2.26. The molecule has 1 nitrogen and oxygen atoms in total. The molecule has 0 bridgehead atoms. The van der Waals surface area contributed by atoms with Gasteiger partial charge in [-0.2, -0.15) is 6.92 Å². The van der Waals surface area contributed by atoms with Crippen molar-refractivity contribution in [2.75, 3.05) is 13.6 Å². The van der Waals surface area contributed by atoms with Crippen LogP contribution in [-0.2, 0) is 32.7 Å². The number of hydrogen-bond acceptors (Lipinski definition) is 1. The molecular formula is C9H18NY+2. The Balaban J connectivity index is 0.000001000. The molecule has 0 aliphatic carbocycles. The molecule has 11 heavy (non-hydrogen) atoms. The Hall–Kier alpha value is 1.06. The molecule has 0 aromatic carbocycles. The normalized spacial score (nSPS) is 31.9. The number of rotatable bonds is 0. The van der Waals surface area contributed by atoms with Gasteiger partial charge in [0.1, 0.15) is 0 Å². The smallest absolute Gasteiger partial charge is 0.335 e. The summed E-state index contributed by atoms with van der Waals surface area (Å²) in [6, 6.07) is 0.676. The molecular weight excluding hydrogens is 211 g/mol. The van der Waals surface area contributed by atoms with Gasteiger partial charge < -0.3 is 4.90 Å². The monoisotopic (exact) mass is 229 g/mol. The molecule has 1 rings (SSSR count). The summed E-state index contributed by atoms with van der Waals surface area (Å²) in [4.78, 5) is 2.41. The first-order valence-electron chi connectivity index (χ1n) is 3.99. The fraction of sp³-hybridized carbons (Fsp3) is 0.889. The summed E-state index contributed by atoms with van der Waals surface area (Å²) >= 11 is 0. The van der Waals surface area contributed by atoms with Crippen LogP contribution in [-0.4, -0.2) is 24.5 Å². The van der Waals surface area contributed by atoms with E-state index in [4.69, 9.17) is 0 Å². The minimum absolute atomic E-state index is 0. The molecule has 0 spiro atoms. The Labute approximate surface area is 95.8 Å². The summed E-state index contributed by atoms with van der Waals surface area (Å²) in [5, 5.41) is 0. The number of hydrogen-bond donors (Lipinski definition) is 0. The van der Waals surface area contributed by atoms with E-state index < -0.39 is 0 Å². The van der Waals surface area contributed by atoms with Crippen molar-refractivity contribution >= 4 is 0 Å². The van der Waals surface area contributed by atoms with Crippen LogP contribution in [0.5, 0.6) is 0 Å². The van der Waals surface area contributed by atoms with Crippen LogP contribution >= 0.6 is 0 Å². The van der Waals surface area contributed by atoms with Gasteiger partial charge in [0.05, 0.1) is 0 Å². The zero-order valence-electron chi connectivity index (χ0n) is 8.31. The molecule has 1 aliphatic rings. The number of likely N-dealkylation sites (tertiary alicyclic amines) is 1. The first kappa shape index (κ1) is 12.1. The summed E-state index contributed by atoms with van der Waals surface area (Å²) in [5.41, 5.74) is 0.439. The third-order valence-corrected chi connectivity index (χ3v) is 3.00. The van der Waals surface area contributed by atoms with Gasteiger partial charge in [-0.05, 0) is 13.6 Å². The molecule has 0 saturated carbocycles. The first-order valence-corrected chi connectivity index (χ1v) is 3.99. The minimum atomic E-state index is 0. The average molecular weight is 229 g/mol. The Morgan fingerprint density at radius 1 is 1.45 bits per heavy atom. The predicted molar refractivity (Wildman–Crippen MR) is 44.8 cm³/mol. The molecule has 0 N–H and O–H groups in total. The zero-order valence-corrected chi connectivity index (χ0v) is 11.1. The van der Waals surface area contributed by atoms with Gasteiger partial charge in [0, 0.05) is 0 Å². The molecule has 0 aromatic heterocycles. The van der Waals surface area contributed by atoms with Crippen LogP contribution in [0.3, 0.4) is 0 Å². The van der Waals surface area contributed by atoms with Crippen molar-refractivity contribution in [1.29, 1.82) is 0 Å². The van der Waals surface area contributed by atoms with Gasteiger partial charge in [-0.1, -0.05) is 20.8 Å². The van der Waals surface area contributed by atoms with Gasteiger partial charge in [-0.3, -0.25) is 5.92 Å². The van der Waals surface area contributed by atoms with E-state index in [2.05, 4.69) is 39.6 Å². The van der Waals surface area contributed by atoms with Gasteiger partial charge in [-0.15, -0.1) is 11.5 Å². The van der Waals surface area contributed by atoms with Crippen LogP contribution in [0.1, 0.15) is 27.7 Å². The Kier molecular flexibility index (Phi) is 4.22. The van der Waals surface area contributed by atoms with Crippen molar-refractivity contribution in [3.05, 3.63) is 5.92 Å². The van der Waals surface area contributed by atoms with Gasteiger partial charge in [0.25, 0.3) is 0 Å². The molecule has 60 valence electrons. The van der Waals surface area contributed by atoms with Crippen molar-refractivity contribution in [3.8, 4) is 0 Å². The van der Waals surface area contributed by atoms with Crippen LogP contribution < -0.4 is 0 Å². The van der Waals surface area contributed by atoms with E-state index in [1.165, 1.54) is 6.54 Å². The summed E-state index contributed by atoms with van der Waals surface area (Å²) in [6.45, 7) is 10.4. The Morgan fingerprint density at radius 3 is 2.00 bits per heavy atom. The zero-order chi connectivity index (χ0) is 7.94. The second kappa shape index (κ2) is 3.85. The van der Waals surface area contributed by atoms with Crippen molar-refractivity contribution < 1.29 is 32.7 Å². The van der Waals surface area contributed by atoms with Crippen molar-refractivity contribution in [2.24, 2.45) is 5.41 Å². The summed E-state index contributed by atoms with van der Waals surface area (Å²) < 4.78 is 0. The second-order valence-electron chi connectivity index (χ2n) is 4.16. The first-order chi connectivity index (χ1) is 4.45. The Morgan fingerprint density at radius 2 is 1.91 bits per heavy atom. The van der Waals surface area contributed by atoms with Crippen molar-refractivity contribution in [2.45, 2.75) is 33.7 Å². The maximum absolute atomic E-state index is 2.41. The van der Waals surface area contributed by atoms with Crippen LogP contribution in [0.2, 0.25) is 0 Å². The molecule has 0 radical (unpaired) electrons. The van der Waals surface area contributed by atoms with E-state index in [0.717, 1.165) is 0 Å². The molecule has 0 aromatic rings. The predicted octanol–water partition coefficient (Wildman–Crippen LogP) is 1.94. The van der Waals surface area contributed by atoms with Crippen LogP contribution in [0.15, 0.2) is 0 Å². The van der Waals surface area contributed by atoms with Gasteiger partial charge in [-0.25, -0.2) is 0 Å². The quantitative estimate of drug-likeness (QED) is 0.574. The largest absolute Gasteiger partial charge is 3.00 e. The van der Waals surface area contributed by atoms with E-state index in [0.29, 0.717) is 11.5 Å². The van der Waals surface area contributed by atoms with Crippen LogP contribution in [0.25, 0.3) is 0 Å². The number of nitrogens with zero attached hydrogens (tertiary/aromatic N) is 1. The standard InChI is InChI=1S/C9H18N.Y/c1-7-8(2)10(5)6-9(7,3)4;/h8H,6H2,1-5H3;/q-1;+3. The van der Waals surface area contributed by atoms with Crippen molar-refractivity contribution in [3.63, 3.8) is 0 Å². The molecule has 1 saturated heterocycles. The maximum atomic E-state index is 2.41. The fourth-order valence-electron chi connectivity index (χ4n) is 1.78. The third-order valence-electron chi connectivity index (χ3n) is 3.00. The van der Waals surface area contributed by atoms with Gasteiger partial charge in [0.15, 0.2) is 0 Å². The SMILES string of the molecule is C[C-]1C(C)N(C)CC1(C)C.[Y+3]. The maximum Gasteiger partial charge on any atom is 3.00 e. The molecule has 1 fully saturated rings. The van der Waals surface area contributed by atoms with E-state index in [1.807, 2.05) is 0 Å². The van der Waals surface area contributed by atoms with E-state index >= 15 is 0 Å². The van der Waals surface area contributed by atoms with Crippen LogP contribution in [0.4, 0.5) is 0 Å². The molecule has 2 heteroatoms. The fourth-order valence-corrected chi connectivity index (χ4v) is 1.78. The van der Waals surface area contributed by atoms with E-state index in [1.54, 1.807) is 5.92 Å². The summed E-state index contributed by atoms with van der Waals surface area (Å²) in [5.74, 6) is 1.62. The molecule has 0 amide bonds. The molecule has 1 atom stereocenters. The summed E-state index contributed by atoms with van der Waals surface area (Å²) in [7, 11) is 2.20. The summed E-state index contributed by atoms with van der Waals surface area (Å²) in [6.07, 6.45) is 0. The van der Waals surface area contributed by atoms with Crippen LogP contribution in [0, 0.1) is 11.3 Å². The van der Waals surface area contributed by atoms with Gasteiger partial charge in [0.2, 0.25) is 0 Å².